The molecule has 4 heteroatoms. The van der Waals surface area contributed by atoms with Gasteiger partial charge in [0.2, 0.25) is 0 Å². The van der Waals surface area contributed by atoms with Gasteiger partial charge >= 0.3 is 0 Å². The molecule has 20 heavy (non-hydrogen) atoms. The van der Waals surface area contributed by atoms with Crippen LogP contribution in [-0.4, -0.2) is 48.4 Å². The molecule has 0 radical (unpaired) electrons. The minimum atomic E-state index is 0.150. The van der Waals surface area contributed by atoms with Gasteiger partial charge in [-0.3, -0.25) is 4.79 Å². The lowest BCUT2D eigenvalue weighted by Gasteiger charge is -2.24. The van der Waals surface area contributed by atoms with Crippen LogP contribution < -0.4 is 0 Å². The van der Waals surface area contributed by atoms with Crippen LogP contribution >= 0.6 is 22.6 Å². The van der Waals surface area contributed by atoms with Gasteiger partial charge in [-0.05, 0) is 67.7 Å². The molecule has 0 spiro atoms. The zero-order valence-corrected chi connectivity index (χ0v) is 14.9. The third-order valence-corrected chi connectivity index (χ3v) is 4.51. The Bertz CT molecular complexity index is 419. The van der Waals surface area contributed by atoms with E-state index in [1.54, 1.807) is 0 Å². The number of halogens is 1. The Balaban J connectivity index is 2.58. The van der Waals surface area contributed by atoms with E-state index in [0.717, 1.165) is 48.3 Å². The highest BCUT2D eigenvalue weighted by Crippen LogP contribution is 2.14. The van der Waals surface area contributed by atoms with Crippen LogP contribution in [0.4, 0.5) is 0 Å². The van der Waals surface area contributed by atoms with Crippen molar-refractivity contribution in [2.24, 2.45) is 0 Å². The number of carbonyl (C=O) groups is 1. The van der Waals surface area contributed by atoms with Crippen molar-refractivity contribution < 1.29 is 4.79 Å². The third-order valence-electron chi connectivity index (χ3n) is 3.57. The summed E-state index contributed by atoms with van der Waals surface area (Å²) in [6, 6.07) is 7.79. The van der Waals surface area contributed by atoms with Crippen molar-refractivity contribution in [3.63, 3.8) is 0 Å². The van der Waals surface area contributed by atoms with E-state index < -0.39 is 0 Å². The molecule has 1 aromatic carbocycles. The van der Waals surface area contributed by atoms with Crippen molar-refractivity contribution in [3.05, 3.63) is 33.4 Å². The van der Waals surface area contributed by atoms with Crippen LogP contribution in [0.2, 0.25) is 0 Å². The number of nitrogens with zero attached hydrogens (tertiary/aromatic N) is 2. The average molecular weight is 388 g/mol. The van der Waals surface area contributed by atoms with E-state index in [2.05, 4.69) is 41.3 Å². The van der Waals surface area contributed by atoms with Crippen LogP contribution in [0, 0.1) is 3.57 Å². The molecule has 112 valence electrons. The molecule has 0 N–H and O–H groups in total. The molecule has 0 fully saturated rings. The normalized spacial score (nSPS) is 10.8. The molecule has 3 nitrogen and oxygen atoms in total. The highest BCUT2D eigenvalue weighted by Gasteiger charge is 2.16. The Morgan fingerprint density at radius 3 is 2.25 bits per heavy atom. The first-order valence-electron chi connectivity index (χ1n) is 7.40. The second kappa shape index (κ2) is 9.34. The molecule has 0 unspecified atom stereocenters. The van der Waals surface area contributed by atoms with E-state index >= 15 is 0 Å². The first kappa shape index (κ1) is 17.4. The Hall–Kier alpha value is -0.620. The largest absolute Gasteiger partial charge is 0.339 e. The predicted molar refractivity (Wildman–Crippen MR) is 93.1 cm³/mol. The highest BCUT2D eigenvalue weighted by atomic mass is 127. The van der Waals surface area contributed by atoms with Gasteiger partial charge in [0, 0.05) is 16.7 Å². The molecular weight excluding hydrogens is 363 g/mol. The van der Waals surface area contributed by atoms with Crippen LogP contribution in [0.25, 0.3) is 0 Å². The second-order valence-corrected chi connectivity index (χ2v) is 5.91. The quantitative estimate of drug-likeness (QED) is 0.637. The zero-order chi connectivity index (χ0) is 15.0. The van der Waals surface area contributed by atoms with Crippen molar-refractivity contribution >= 4 is 28.5 Å². The Morgan fingerprint density at radius 2 is 1.70 bits per heavy atom. The van der Waals surface area contributed by atoms with Crippen molar-refractivity contribution in [1.82, 2.24) is 9.80 Å². The van der Waals surface area contributed by atoms with Gasteiger partial charge in [-0.25, -0.2) is 0 Å². The van der Waals surface area contributed by atoms with E-state index in [1.165, 1.54) is 0 Å². The van der Waals surface area contributed by atoms with E-state index in [0.29, 0.717) is 0 Å². The molecule has 0 aliphatic heterocycles. The molecule has 0 aliphatic rings. The number of amides is 1. The molecule has 0 heterocycles. The van der Waals surface area contributed by atoms with E-state index in [1.807, 2.05) is 36.1 Å². The highest BCUT2D eigenvalue weighted by molar-refractivity contribution is 14.1. The minimum absolute atomic E-state index is 0.150. The Kier molecular flexibility index (Phi) is 8.14. The summed E-state index contributed by atoms with van der Waals surface area (Å²) >= 11 is 2.23. The monoisotopic (exact) mass is 388 g/mol. The SMILES string of the molecule is CCN(CC)CCCN(CC)C(=O)c1ccccc1I. The lowest BCUT2D eigenvalue weighted by atomic mass is 10.2. The lowest BCUT2D eigenvalue weighted by molar-refractivity contribution is 0.0756. The maximum Gasteiger partial charge on any atom is 0.254 e. The van der Waals surface area contributed by atoms with Gasteiger partial charge in [-0.1, -0.05) is 26.0 Å². The predicted octanol–water partition coefficient (Wildman–Crippen LogP) is 3.49. The summed E-state index contributed by atoms with van der Waals surface area (Å²) in [5, 5.41) is 0. The summed E-state index contributed by atoms with van der Waals surface area (Å²) in [5.41, 5.74) is 0.817. The molecular formula is C16H25IN2O. The van der Waals surface area contributed by atoms with Gasteiger partial charge in [0.05, 0.1) is 5.56 Å². The van der Waals surface area contributed by atoms with E-state index in [9.17, 15) is 4.79 Å². The smallest absolute Gasteiger partial charge is 0.254 e. The molecule has 0 saturated carbocycles. The third kappa shape index (κ3) is 5.05. The minimum Gasteiger partial charge on any atom is -0.339 e. The maximum absolute atomic E-state index is 12.5. The summed E-state index contributed by atoms with van der Waals surface area (Å²) in [7, 11) is 0. The second-order valence-electron chi connectivity index (χ2n) is 4.75. The summed E-state index contributed by atoms with van der Waals surface area (Å²) < 4.78 is 1.03. The fraction of sp³-hybridized carbons (Fsp3) is 0.562. The van der Waals surface area contributed by atoms with Crippen molar-refractivity contribution in [2.45, 2.75) is 27.2 Å². The zero-order valence-electron chi connectivity index (χ0n) is 12.7. The molecule has 0 bridgehead atoms. The van der Waals surface area contributed by atoms with Gasteiger partial charge < -0.3 is 9.80 Å². The van der Waals surface area contributed by atoms with Gasteiger partial charge in [0.25, 0.3) is 5.91 Å². The van der Waals surface area contributed by atoms with Crippen LogP contribution in [0.5, 0.6) is 0 Å². The Morgan fingerprint density at radius 1 is 1.05 bits per heavy atom. The van der Waals surface area contributed by atoms with E-state index in [4.69, 9.17) is 0 Å². The van der Waals surface area contributed by atoms with Crippen molar-refractivity contribution in [1.29, 1.82) is 0 Å². The standard InChI is InChI=1S/C16H25IN2O/c1-4-18(5-2)12-9-13-19(6-3)16(20)14-10-7-8-11-15(14)17/h7-8,10-11H,4-6,9,12-13H2,1-3H3. The van der Waals surface area contributed by atoms with Crippen LogP contribution in [0.15, 0.2) is 24.3 Å². The number of hydrogen-bond acceptors (Lipinski definition) is 2. The van der Waals surface area contributed by atoms with Gasteiger partial charge in [-0.15, -0.1) is 0 Å². The molecule has 0 saturated heterocycles. The number of benzene rings is 1. The van der Waals surface area contributed by atoms with Crippen LogP contribution in [0.3, 0.4) is 0 Å². The number of hydrogen-bond donors (Lipinski definition) is 0. The first-order chi connectivity index (χ1) is 9.63. The lowest BCUT2D eigenvalue weighted by Crippen LogP contribution is -2.34. The van der Waals surface area contributed by atoms with Gasteiger partial charge in [0.1, 0.15) is 0 Å². The molecule has 1 aromatic rings. The molecule has 1 rings (SSSR count). The average Bonchev–Trinajstić information content (AvgIpc) is 2.47. The van der Waals surface area contributed by atoms with Gasteiger partial charge in [-0.2, -0.15) is 0 Å². The topological polar surface area (TPSA) is 23.6 Å². The molecule has 0 aromatic heterocycles. The van der Waals surface area contributed by atoms with Crippen molar-refractivity contribution in [3.8, 4) is 0 Å². The van der Waals surface area contributed by atoms with Crippen LogP contribution in [0.1, 0.15) is 37.6 Å². The fourth-order valence-electron chi connectivity index (χ4n) is 2.23. The summed E-state index contributed by atoms with van der Waals surface area (Å²) in [5.74, 6) is 0.150. The van der Waals surface area contributed by atoms with Crippen molar-refractivity contribution in [2.75, 3.05) is 32.7 Å². The van der Waals surface area contributed by atoms with Gasteiger partial charge in [0.15, 0.2) is 0 Å². The molecule has 0 atom stereocenters. The molecule has 0 aliphatic carbocycles. The van der Waals surface area contributed by atoms with E-state index in [-0.39, 0.29) is 5.91 Å². The Labute approximate surface area is 136 Å². The fourth-order valence-corrected chi connectivity index (χ4v) is 2.85. The summed E-state index contributed by atoms with van der Waals surface area (Å²) in [6.45, 7) is 11.2. The summed E-state index contributed by atoms with van der Waals surface area (Å²) in [6.07, 6.45) is 1.03. The first-order valence-corrected chi connectivity index (χ1v) is 8.48. The number of rotatable bonds is 8. The van der Waals surface area contributed by atoms with Crippen LogP contribution in [-0.2, 0) is 0 Å². The summed E-state index contributed by atoms with van der Waals surface area (Å²) in [4.78, 5) is 16.9. The number of carbonyl (C=O) groups excluding carboxylic acids is 1. The maximum atomic E-state index is 12.5. The molecule has 1 amide bonds.